The first-order chi connectivity index (χ1) is 12.0. The van der Waals surface area contributed by atoms with E-state index in [2.05, 4.69) is 0 Å². The van der Waals surface area contributed by atoms with Crippen molar-refractivity contribution in [3.63, 3.8) is 0 Å². The average Bonchev–Trinajstić information content (AvgIpc) is 2.95. The maximum atomic E-state index is 13.7. The molecule has 25 heavy (non-hydrogen) atoms. The summed E-state index contributed by atoms with van der Waals surface area (Å²) in [5, 5.41) is 0. The standard InChI is InChI=1S/C18H18FNO3S2/c19-16-8-4-5-9-17(16)24-12-18(21)20(14-6-2-1-3-7-14)15-10-11-25(22,23)13-15/h1-9,15H,10-13H2/t15-/m1/s1. The molecular formula is C18H18FNO3S2. The van der Waals surface area contributed by atoms with Crippen molar-refractivity contribution in [1.82, 2.24) is 0 Å². The molecule has 0 N–H and O–H groups in total. The van der Waals surface area contributed by atoms with Crippen molar-refractivity contribution in [2.45, 2.75) is 17.4 Å². The zero-order valence-electron chi connectivity index (χ0n) is 13.5. The third kappa shape index (κ3) is 4.41. The zero-order valence-corrected chi connectivity index (χ0v) is 15.1. The van der Waals surface area contributed by atoms with Gasteiger partial charge in [0.15, 0.2) is 9.84 Å². The minimum absolute atomic E-state index is 0.0298. The minimum atomic E-state index is -3.12. The van der Waals surface area contributed by atoms with E-state index in [9.17, 15) is 17.6 Å². The highest BCUT2D eigenvalue weighted by Crippen LogP contribution is 2.27. The smallest absolute Gasteiger partial charge is 0.237 e. The van der Waals surface area contributed by atoms with Crippen molar-refractivity contribution in [2.24, 2.45) is 0 Å². The van der Waals surface area contributed by atoms with E-state index < -0.39 is 9.84 Å². The highest BCUT2D eigenvalue weighted by Gasteiger charge is 2.35. The molecule has 1 amide bonds. The molecule has 4 nitrogen and oxygen atoms in total. The van der Waals surface area contributed by atoms with E-state index in [-0.39, 0.29) is 35.0 Å². The van der Waals surface area contributed by atoms with Crippen LogP contribution < -0.4 is 4.90 Å². The van der Waals surface area contributed by atoms with E-state index in [1.165, 1.54) is 6.07 Å². The fourth-order valence-electron chi connectivity index (χ4n) is 2.90. The van der Waals surface area contributed by atoms with E-state index in [1.807, 2.05) is 18.2 Å². The molecule has 1 saturated heterocycles. The molecular weight excluding hydrogens is 361 g/mol. The van der Waals surface area contributed by atoms with Crippen LogP contribution in [0.1, 0.15) is 6.42 Å². The van der Waals surface area contributed by atoms with E-state index in [4.69, 9.17) is 0 Å². The van der Waals surface area contributed by atoms with Crippen LogP contribution in [0.4, 0.5) is 10.1 Å². The second kappa shape index (κ2) is 7.58. The molecule has 1 aliphatic heterocycles. The van der Waals surface area contributed by atoms with Gasteiger partial charge in [0.25, 0.3) is 0 Å². The van der Waals surface area contributed by atoms with Crippen LogP contribution in [-0.4, -0.2) is 37.6 Å². The van der Waals surface area contributed by atoms with Crippen LogP contribution >= 0.6 is 11.8 Å². The average molecular weight is 379 g/mol. The van der Waals surface area contributed by atoms with Gasteiger partial charge in [0.2, 0.25) is 5.91 Å². The molecule has 0 radical (unpaired) electrons. The number of anilines is 1. The summed E-state index contributed by atoms with van der Waals surface area (Å²) in [5.74, 6) is -0.476. The molecule has 1 atom stereocenters. The van der Waals surface area contributed by atoms with Crippen molar-refractivity contribution in [1.29, 1.82) is 0 Å². The van der Waals surface area contributed by atoms with E-state index >= 15 is 0 Å². The lowest BCUT2D eigenvalue weighted by Gasteiger charge is -2.28. The largest absolute Gasteiger partial charge is 0.308 e. The number of sulfone groups is 1. The molecule has 0 bridgehead atoms. The summed E-state index contributed by atoms with van der Waals surface area (Å²) in [6.07, 6.45) is 0.424. The third-order valence-electron chi connectivity index (χ3n) is 4.06. The van der Waals surface area contributed by atoms with Gasteiger partial charge in [-0.1, -0.05) is 30.3 Å². The highest BCUT2D eigenvalue weighted by atomic mass is 32.2. The summed E-state index contributed by atoms with van der Waals surface area (Å²) >= 11 is 1.12. The molecule has 1 fully saturated rings. The van der Waals surface area contributed by atoms with Gasteiger partial charge in [0.1, 0.15) is 5.82 Å². The Balaban J connectivity index is 1.79. The highest BCUT2D eigenvalue weighted by molar-refractivity contribution is 8.00. The van der Waals surface area contributed by atoms with Crippen LogP contribution in [0.3, 0.4) is 0 Å². The number of benzene rings is 2. The number of rotatable bonds is 5. The van der Waals surface area contributed by atoms with Crippen molar-refractivity contribution >= 4 is 33.2 Å². The van der Waals surface area contributed by atoms with Gasteiger partial charge in [-0.05, 0) is 30.7 Å². The van der Waals surface area contributed by atoms with Crippen LogP contribution in [0.25, 0.3) is 0 Å². The Labute approximate surface area is 151 Å². The number of carbonyl (C=O) groups excluding carboxylic acids is 1. The number of hydrogen-bond donors (Lipinski definition) is 0. The number of halogens is 1. The zero-order chi connectivity index (χ0) is 17.9. The van der Waals surface area contributed by atoms with Gasteiger partial charge < -0.3 is 4.90 Å². The molecule has 3 rings (SSSR count). The molecule has 2 aromatic rings. The minimum Gasteiger partial charge on any atom is -0.308 e. The predicted molar refractivity (Wildman–Crippen MR) is 98.1 cm³/mol. The van der Waals surface area contributed by atoms with Crippen molar-refractivity contribution in [3.05, 3.63) is 60.4 Å². The normalized spacial score (nSPS) is 18.8. The SMILES string of the molecule is O=C(CSc1ccccc1F)N(c1ccccc1)[C@@H]1CCS(=O)(=O)C1. The third-order valence-corrected chi connectivity index (χ3v) is 6.85. The van der Waals surface area contributed by atoms with Crippen LogP contribution in [0, 0.1) is 5.82 Å². The summed E-state index contributed by atoms with van der Waals surface area (Å²) < 4.78 is 37.4. The first kappa shape index (κ1) is 17.9. The lowest BCUT2D eigenvalue weighted by molar-refractivity contribution is -0.116. The summed E-state index contributed by atoms with van der Waals surface area (Å²) in [4.78, 5) is 14.8. The van der Waals surface area contributed by atoms with Gasteiger partial charge in [-0.15, -0.1) is 11.8 Å². The van der Waals surface area contributed by atoms with Crippen LogP contribution in [0.5, 0.6) is 0 Å². The number of amides is 1. The maximum Gasteiger partial charge on any atom is 0.237 e. The van der Waals surface area contributed by atoms with Crippen LogP contribution in [-0.2, 0) is 14.6 Å². The molecule has 0 unspecified atom stereocenters. The van der Waals surface area contributed by atoms with E-state index in [0.29, 0.717) is 17.0 Å². The maximum absolute atomic E-state index is 13.7. The quantitative estimate of drug-likeness (QED) is 0.749. The molecule has 7 heteroatoms. The van der Waals surface area contributed by atoms with Crippen molar-refractivity contribution < 1.29 is 17.6 Å². The Morgan fingerprint density at radius 2 is 1.80 bits per heavy atom. The second-order valence-corrected chi connectivity index (χ2v) is 9.12. The molecule has 0 saturated carbocycles. The van der Waals surface area contributed by atoms with Gasteiger partial charge >= 0.3 is 0 Å². The van der Waals surface area contributed by atoms with Gasteiger partial charge in [-0.3, -0.25) is 4.79 Å². The molecule has 0 spiro atoms. The molecule has 2 aromatic carbocycles. The monoisotopic (exact) mass is 379 g/mol. The number of carbonyl (C=O) groups is 1. The fraction of sp³-hybridized carbons (Fsp3) is 0.278. The van der Waals surface area contributed by atoms with Crippen LogP contribution in [0.2, 0.25) is 0 Å². The van der Waals surface area contributed by atoms with Crippen molar-refractivity contribution in [2.75, 3.05) is 22.2 Å². The summed E-state index contributed by atoms with van der Waals surface area (Å²) in [6, 6.07) is 15.0. The number of thioether (sulfide) groups is 1. The lowest BCUT2D eigenvalue weighted by atomic mass is 10.2. The Kier molecular flexibility index (Phi) is 5.44. The van der Waals surface area contributed by atoms with E-state index in [1.54, 1.807) is 35.2 Å². The van der Waals surface area contributed by atoms with Crippen molar-refractivity contribution in [3.8, 4) is 0 Å². The molecule has 0 aliphatic carbocycles. The van der Waals surface area contributed by atoms with Gasteiger partial charge in [-0.2, -0.15) is 0 Å². The first-order valence-electron chi connectivity index (χ1n) is 7.91. The Hall–Kier alpha value is -1.86. The molecule has 132 valence electrons. The Bertz CT molecular complexity index is 856. The topological polar surface area (TPSA) is 54.5 Å². The number of para-hydroxylation sites is 1. The summed E-state index contributed by atoms with van der Waals surface area (Å²) in [6.45, 7) is 0. The van der Waals surface area contributed by atoms with Gasteiger partial charge in [0, 0.05) is 10.6 Å². The second-order valence-electron chi connectivity index (χ2n) is 5.88. The van der Waals surface area contributed by atoms with Gasteiger partial charge in [-0.25, -0.2) is 12.8 Å². The first-order valence-corrected chi connectivity index (χ1v) is 10.7. The van der Waals surface area contributed by atoms with E-state index in [0.717, 1.165) is 11.8 Å². The number of hydrogen-bond acceptors (Lipinski definition) is 4. The van der Waals surface area contributed by atoms with Gasteiger partial charge in [0.05, 0.1) is 23.3 Å². The Morgan fingerprint density at radius 1 is 1.12 bits per heavy atom. The Morgan fingerprint density at radius 3 is 2.44 bits per heavy atom. The fourth-order valence-corrected chi connectivity index (χ4v) is 5.40. The summed E-state index contributed by atoms with van der Waals surface area (Å²) in [5.41, 5.74) is 0.670. The molecule has 0 aromatic heterocycles. The van der Waals surface area contributed by atoms with Crippen LogP contribution in [0.15, 0.2) is 59.5 Å². The summed E-state index contributed by atoms with van der Waals surface area (Å²) in [7, 11) is -3.12. The molecule has 1 aliphatic rings. The predicted octanol–water partition coefficient (Wildman–Crippen LogP) is 3.14. The molecule has 1 heterocycles. The number of nitrogens with zero attached hydrogens (tertiary/aromatic N) is 1. The lowest BCUT2D eigenvalue weighted by Crippen LogP contribution is -2.42.